The Kier molecular flexibility index (Phi) is 4.84. The van der Waals surface area contributed by atoms with Crippen LogP contribution in [0.5, 0.6) is 0 Å². The molecule has 4 aromatic rings. The first-order chi connectivity index (χ1) is 13.6. The summed E-state index contributed by atoms with van der Waals surface area (Å²) in [7, 11) is 0. The third-order valence-corrected chi connectivity index (χ3v) is 5.01. The number of halogens is 1. The molecule has 0 saturated heterocycles. The largest absolute Gasteiger partial charge is 0.328 e. The van der Waals surface area contributed by atoms with Crippen LogP contribution in [-0.4, -0.2) is 19.9 Å². The summed E-state index contributed by atoms with van der Waals surface area (Å²) in [6.45, 7) is 3.08. The van der Waals surface area contributed by atoms with Crippen LogP contribution in [0.15, 0.2) is 71.9 Å². The van der Waals surface area contributed by atoms with Crippen LogP contribution in [-0.2, 0) is 13.1 Å². The quantitative estimate of drug-likeness (QED) is 0.480. The van der Waals surface area contributed by atoms with E-state index in [1.807, 2.05) is 42.0 Å². The number of carbonyl (C=O) groups excluding carboxylic acids is 1. The van der Waals surface area contributed by atoms with Gasteiger partial charge in [0.2, 0.25) is 0 Å². The molecule has 28 heavy (non-hydrogen) atoms. The first-order valence-corrected chi connectivity index (χ1v) is 9.38. The van der Waals surface area contributed by atoms with Gasteiger partial charge in [-0.25, -0.2) is 4.98 Å². The molecule has 0 bridgehead atoms. The molecule has 2 aromatic carbocycles. The topological polar surface area (TPSA) is 56.9 Å². The molecule has 0 saturated carbocycles. The summed E-state index contributed by atoms with van der Waals surface area (Å²) in [5, 5.41) is 1.21. The number of aromatic nitrogens is 3. The van der Waals surface area contributed by atoms with Crippen molar-refractivity contribution in [2.45, 2.75) is 20.0 Å². The zero-order chi connectivity index (χ0) is 19.7. The highest BCUT2D eigenvalue weighted by Crippen LogP contribution is 2.16. The molecular formula is C22H18ClN3O2. The minimum atomic E-state index is -0.0450. The van der Waals surface area contributed by atoms with Crippen LogP contribution in [0.2, 0.25) is 5.02 Å². The number of carbonyl (C=O) groups is 1. The van der Waals surface area contributed by atoms with Gasteiger partial charge in [-0.15, -0.1) is 0 Å². The lowest BCUT2D eigenvalue weighted by Gasteiger charge is -2.07. The molecule has 0 unspecified atom stereocenters. The lowest BCUT2D eigenvalue weighted by atomic mass is 10.0. The molecule has 6 heteroatoms. The van der Waals surface area contributed by atoms with Gasteiger partial charge in [0.1, 0.15) is 5.65 Å². The molecule has 0 atom stereocenters. The Balaban J connectivity index is 1.57. The molecular weight excluding hydrogens is 374 g/mol. The number of fused-ring (bicyclic) bond motifs is 1. The number of nitrogens with zero attached hydrogens (tertiary/aromatic N) is 3. The summed E-state index contributed by atoms with van der Waals surface area (Å²) >= 11 is 5.88. The van der Waals surface area contributed by atoms with Crippen LogP contribution in [0.4, 0.5) is 0 Å². The van der Waals surface area contributed by atoms with Gasteiger partial charge in [0.25, 0.3) is 5.56 Å². The Labute approximate surface area is 166 Å². The van der Waals surface area contributed by atoms with Gasteiger partial charge in [-0.3, -0.25) is 14.2 Å². The molecule has 0 aliphatic rings. The highest BCUT2D eigenvalue weighted by atomic mass is 35.5. The number of aryl methyl sites for hydroxylation is 1. The van der Waals surface area contributed by atoms with E-state index in [9.17, 15) is 9.59 Å². The molecule has 2 heterocycles. The van der Waals surface area contributed by atoms with E-state index in [1.54, 1.807) is 41.2 Å². The maximum absolute atomic E-state index is 12.6. The molecule has 0 aliphatic heterocycles. The van der Waals surface area contributed by atoms with Crippen molar-refractivity contribution in [3.8, 4) is 0 Å². The van der Waals surface area contributed by atoms with E-state index < -0.39 is 0 Å². The van der Waals surface area contributed by atoms with E-state index in [1.165, 1.54) is 0 Å². The molecule has 0 amide bonds. The van der Waals surface area contributed by atoms with Gasteiger partial charge in [-0.2, -0.15) is 0 Å². The number of hydrogen-bond donors (Lipinski definition) is 0. The Hall–Kier alpha value is -3.18. The summed E-state index contributed by atoms with van der Waals surface area (Å²) in [5.74, 6) is -0.0450. The third kappa shape index (κ3) is 3.37. The van der Waals surface area contributed by atoms with Gasteiger partial charge in [0.05, 0.1) is 11.7 Å². The summed E-state index contributed by atoms with van der Waals surface area (Å²) in [5.41, 5.74) is 2.87. The Morgan fingerprint density at radius 2 is 1.61 bits per heavy atom. The lowest BCUT2D eigenvalue weighted by molar-refractivity contribution is 0.103. The van der Waals surface area contributed by atoms with Crippen LogP contribution < -0.4 is 5.56 Å². The van der Waals surface area contributed by atoms with Crippen molar-refractivity contribution in [3.63, 3.8) is 0 Å². The summed E-state index contributed by atoms with van der Waals surface area (Å²) in [4.78, 5) is 29.4. The van der Waals surface area contributed by atoms with Gasteiger partial charge in [0, 0.05) is 35.4 Å². The minimum Gasteiger partial charge on any atom is -0.328 e. The van der Waals surface area contributed by atoms with E-state index in [0.29, 0.717) is 40.3 Å². The standard InChI is InChI=1S/C22H18ClN3O2/c1-2-25-14-24-21-19(22(25)28)11-12-26(21)13-15-3-5-16(6-4-15)20(27)17-7-9-18(23)10-8-17/h3-12,14H,2,13H2,1H3. The predicted octanol–water partition coefficient (Wildman–Crippen LogP) is 4.15. The summed E-state index contributed by atoms with van der Waals surface area (Å²) in [6, 6.07) is 16.1. The Morgan fingerprint density at radius 1 is 0.964 bits per heavy atom. The molecule has 2 aromatic heterocycles. The summed E-state index contributed by atoms with van der Waals surface area (Å²) < 4.78 is 3.52. The van der Waals surface area contributed by atoms with Crippen LogP contribution in [0.3, 0.4) is 0 Å². The third-order valence-electron chi connectivity index (χ3n) is 4.76. The predicted molar refractivity (Wildman–Crippen MR) is 110 cm³/mol. The van der Waals surface area contributed by atoms with Crippen molar-refractivity contribution in [3.05, 3.63) is 99.2 Å². The van der Waals surface area contributed by atoms with Crippen LogP contribution in [0.1, 0.15) is 28.4 Å². The van der Waals surface area contributed by atoms with E-state index in [4.69, 9.17) is 11.6 Å². The second-order valence-corrected chi connectivity index (χ2v) is 6.99. The van der Waals surface area contributed by atoms with E-state index >= 15 is 0 Å². The number of benzene rings is 2. The fourth-order valence-corrected chi connectivity index (χ4v) is 3.31. The van der Waals surface area contributed by atoms with Crippen molar-refractivity contribution in [1.29, 1.82) is 0 Å². The van der Waals surface area contributed by atoms with Crippen molar-refractivity contribution >= 4 is 28.4 Å². The van der Waals surface area contributed by atoms with E-state index in [-0.39, 0.29) is 11.3 Å². The van der Waals surface area contributed by atoms with Crippen molar-refractivity contribution in [2.75, 3.05) is 0 Å². The zero-order valence-electron chi connectivity index (χ0n) is 15.3. The fourth-order valence-electron chi connectivity index (χ4n) is 3.19. The molecule has 4 rings (SSSR count). The maximum Gasteiger partial charge on any atom is 0.262 e. The van der Waals surface area contributed by atoms with E-state index in [2.05, 4.69) is 4.98 Å². The van der Waals surface area contributed by atoms with Gasteiger partial charge in [-0.1, -0.05) is 35.9 Å². The number of rotatable bonds is 5. The van der Waals surface area contributed by atoms with E-state index in [0.717, 1.165) is 5.56 Å². The maximum atomic E-state index is 12.6. The fraction of sp³-hybridized carbons (Fsp3) is 0.136. The van der Waals surface area contributed by atoms with Crippen LogP contribution in [0.25, 0.3) is 11.0 Å². The number of ketones is 1. The van der Waals surface area contributed by atoms with Gasteiger partial charge >= 0.3 is 0 Å². The Morgan fingerprint density at radius 3 is 2.25 bits per heavy atom. The smallest absolute Gasteiger partial charge is 0.262 e. The molecule has 0 fully saturated rings. The summed E-state index contributed by atoms with van der Waals surface area (Å²) in [6.07, 6.45) is 3.45. The average Bonchev–Trinajstić information content (AvgIpc) is 3.12. The second kappa shape index (κ2) is 7.44. The highest BCUT2D eigenvalue weighted by molar-refractivity contribution is 6.30. The monoisotopic (exact) mass is 391 g/mol. The molecule has 0 N–H and O–H groups in total. The molecule has 140 valence electrons. The molecule has 0 radical (unpaired) electrons. The minimum absolute atomic E-state index is 0.0323. The first kappa shape index (κ1) is 18.2. The van der Waals surface area contributed by atoms with Gasteiger partial charge in [0.15, 0.2) is 5.78 Å². The first-order valence-electron chi connectivity index (χ1n) is 9.00. The lowest BCUT2D eigenvalue weighted by Crippen LogP contribution is -2.19. The highest BCUT2D eigenvalue weighted by Gasteiger charge is 2.11. The van der Waals surface area contributed by atoms with Crippen molar-refractivity contribution in [2.24, 2.45) is 0 Å². The molecule has 0 aliphatic carbocycles. The molecule has 5 nitrogen and oxygen atoms in total. The molecule has 0 spiro atoms. The van der Waals surface area contributed by atoms with Crippen molar-refractivity contribution in [1.82, 2.24) is 14.1 Å². The second-order valence-electron chi connectivity index (χ2n) is 6.55. The van der Waals surface area contributed by atoms with Gasteiger partial charge in [-0.05, 0) is 42.8 Å². The zero-order valence-corrected chi connectivity index (χ0v) is 16.1. The number of hydrogen-bond acceptors (Lipinski definition) is 3. The van der Waals surface area contributed by atoms with Gasteiger partial charge < -0.3 is 4.57 Å². The normalized spacial score (nSPS) is 11.1. The van der Waals surface area contributed by atoms with Crippen molar-refractivity contribution < 1.29 is 4.79 Å². The SMILES string of the molecule is CCn1cnc2c(ccn2Cc2ccc(C(=O)c3ccc(Cl)cc3)cc2)c1=O. The van der Waals surface area contributed by atoms with Crippen LogP contribution >= 0.6 is 11.6 Å². The average molecular weight is 392 g/mol. The Bertz CT molecular complexity index is 1210. The van der Waals surface area contributed by atoms with Crippen LogP contribution in [0, 0.1) is 0 Å².